The summed E-state index contributed by atoms with van der Waals surface area (Å²) in [5, 5.41) is 19.0. The highest BCUT2D eigenvalue weighted by molar-refractivity contribution is 7.28. The van der Waals surface area contributed by atoms with Crippen molar-refractivity contribution in [2.24, 2.45) is 0 Å². The molecule has 0 bridgehead atoms. The van der Waals surface area contributed by atoms with Crippen molar-refractivity contribution in [1.82, 2.24) is 0 Å². The van der Waals surface area contributed by atoms with Gasteiger partial charge in [0.1, 0.15) is 11.7 Å². The van der Waals surface area contributed by atoms with Gasteiger partial charge < -0.3 is 9.64 Å². The number of allylic oxidation sites excluding steroid dienone is 2. The number of rotatable bonds is 9. The van der Waals surface area contributed by atoms with Crippen molar-refractivity contribution in [3.63, 3.8) is 0 Å². The molecule has 196 valence electrons. The van der Waals surface area contributed by atoms with Gasteiger partial charge in [-0.2, -0.15) is 5.26 Å². The molecule has 0 atom stereocenters. The fourth-order valence-corrected chi connectivity index (χ4v) is 6.78. The molecular formula is C32H30N4OS2. The van der Waals surface area contributed by atoms with E-state index >= 15 is 0 Å². The lowest BCUT2D eigenvalue weighted by Crippen LogP contribution is -2.24. The van der Waals surface area contributed by atoms with Gasteiger partial charge >= 0.3 is 5.70 Å². The van der Waals surface area contributed by atoms with Crippen molar-refractivity contribution in [3.8, 4) is 12.1 Å². The van der Waals surface area contributed by atoms with E-state index in [-0.39, 0.29) is 17.0 Å². The van der Waals surface area contributed by atoms with E-state index in [9.17, 15) is 10.5 Å². The number of fused-ring (bicyclic) bond motifs is 1. The van der Waals surface area contributed by atoms with Crippen molar-refractivity contribution in [3.05, 3.63) is 91.8 Å². The molecule has 5 nitrogen and oxygen atoms in total. The van der Waals surface area contributed by atoms with Crippen LogP contribution in [0.3, 0.4) is 0 Å². The van der Waals surface area contributed by atoms with Crippen molar-refractivity contribution < 1.29 is 4.74 Å². The number of benzene rings is 1. The number of thiophene rings is 2. The fourth-order valence-electron chi connectivity index (χ4n) is 4.56. The number of hydrogen-bond acceptors (Lipinski definition) is 6. The third-order valence-electron chi connectivity index (χ3n) is 6.39. The average molecular weight is 551 g/mol. The normalized spacial score (nSPS) is 15.9. The predicted octanol–water partition coefficient (Wildman–Crippen LogP) is 9.06. The molecule has 1 aromatic carbocycles. The Bertz CT molecular complexity index is 1560. The Kier molecular flexibility index (Phi) is 8.72. The van der Waals surface area contributed by atoms with Gasteiger partial charge in [-0.05, 0) is 68.7 Å². The van der Waals surface area contributed by atoms with Gasteiger partial charge in [-0.15, -0.1) is 22.7 Å². The van der Waals surface area contributed by atoms with E-state index in [1.807, 2.05) is 32.1 Å². The van der Waals surface area contributed by atoms with E-state index in [0.717, 1.165) is 30.8 Å². The smallest absolute Gasteiger partial charge is 0.304 e. The minimum Gasteiger partial charge on any atom is -0.492 e. The first kappa shape index (κ1) is 27.9. The summed E-state index contributed by atoms with van der Waals surface area (Å²) >= 11 is 3.44. The van der Waals surface area contributed by atoms with Gasteiger partial charge in [0, 0.05) is 43.5 Å². The van der Waals surface area contributed by atoms with Crippen LogP contribution in [0.4, 0.5) is 5.69 Å². The van der Waals surface area contributed by atoms with Gasteiger partial charge in [0.2, 0.25) is 0 Å². The number of nitriles is 2. The zero-order chi connectivity index (χ0) is 28.0. The van der Waals surface area contributed by atoms with Gasteiger partial charge in [0.05, 0.1) is 18.2 Å². The zero-order valence-corrected chi connectivity index (χ0v) is 24.2. The molecule has 0 fully saturated rings. The van der Waals surface area contributed by atoms with Gasteiger partial charge in [0.25, 0.3) is 0 Å². The number of anilines is 1. The standard InChI is InChI=1S/C32H30N4OS2/c1-6-16-36(17-7-2)23-11-8-22(9-12-23)10-13-24-18-29-30(38-24)19-25(39-29)14-15-27-26(20-33)31(28(21-34)35-5)37-32(27,3)4/h8-15,18-19H,6-7,16-17H2,1-4H3/b13-10+,15-14+,31-28-. The third kappa shape index (κ3) is 6.15. The first-order chi connectivity index (χ1) is 18.8. The molecule has 0 aliphatic carbocycles. The van der Waals surface area contributed by atoms with Crippen LogP contribution in [0.15, 0.2) is 65.1 Å². The van der Waals surface area contributed by atoms with E-state index in [1.165, 1.54) is 25.5 Å². The SMILES string of the molecule is [C-]#[N+]/C(C#N)=C1\OC(C)(C)C(/C=C/c2cc3sc(/C=C/c4ccc(N(CCC)CCC)cc4)cc3s2)=C1C#N. The molecule has 0 saturated carbocycles. The predicted molar refractivity (Wildman–Crippen MR) is 164 cm³/mol. The molecule has 1 aliphatic rings. The molecule has 0 radical (unpaired) electrons. The van der Waals surface area contributed by atoms with Gasteiger partial charge in [-0.25, -0.2) is 10.1 Å². The molecule has 0 spiro atoms. The van der Waals surface area contributed by atoms with Crippen molar-refractivity contribution in [2.45, 2.75) is 46.1 Å². The Hall–Kier alpha value is -4.09. The maximum atomic E-state index is 9.73. The largest absolute Gasteiger partial charge is 0.492 e. The summed E-state index contributed by atoms with van der Waals surface area (Å²) in [5.74, 6) is 0.0668. The van der Waals surface area contributed by atoms with Crippen LogP contribution in [0.25, 0.3) is 32.5 Å². The molecule has 3 heterocycles. The lowest BCUT2D eigenvalue weighted by atomic mass is 9.95. The van der Waals surface area contributed by atoms with Crippen molar-refractivity contribution in [2.75, 3.05) is 18.0 Å². The fraction of sp³-hybridized carbons (Fsp3) is 0.281. The van der Waals surface area contributed by atoms with E-state index in [1.54, 1.807) is 22.7 Å². The highest BCUT2D eigenvalue weighted by Crippen LogP contribution is 2.41. The lowest BCUT2D eigenvalue weighted by Gasteiger charge is -2.23. The van der Waals surface area contributed by atoms with Gasteiger partial charge in [0.15, 0.2) is 5.76 Å². The quantitative estimate of drug-likeness (QED) is 0.197. The van der Waals surface area contributed by atoms with E-state index < -0.39 is 5.60 Å². The minimum absolute atomic E-state index is 0.0668. The first-order valence-corrected chi connectivity index (χ1v) is 14.6. The molecule has 39 heavy (non-hydrogen) atoms. The Labute approximate surface area is 238 Å². The van der Waals surface area contributed by atoms with Crippen molar-refractivity contribution in [1.29, 1.82) is 10.5 Å². The Morgan fingerprint density at radius 1 is 0.974 bits per heavy atom. The highest BCUT2D eigenvalue weighted by Gasteiger charge is 2.38. The molecule has 0 saturated heterocycles. The van der Waals surface area contributed by atoms with Crippen LogP contribution in [0, 0.1) is 29.2 Å². The molecule has 3 aromatic rings. The third-order valence-corrected chi connectivity index (χ3v) is 8.62. The van der Waals surface area contributed by atoms with Crippen LogP contribution in [-0.4, -0.2) is 18.7 Å². The zero-order valence-electron chi connectivity index (χ0n) is 22.6. The first-order valence-electron chi connectivity index (χ1n) is 12.9. The molecule has 1 aliphatic heterocycles. The molecule has 7 heteroatoms. The average Bonchev–Trinajstić information content (AvgIpc) is 3.56. The summed E-state index contributed by atoms with van der Waals surface area (Å²) in [7, 11) is 0. The summed E-state index contributed by atoms with van der Waals surface area (Å²) < 4.78 is 8.27. The van der Waals surface area contributed by atoms with E-state index in [2.05, 4.69) is 78.2 Å². The maximum absolute atomic E-state index is 9.73. The van der Waals surface area contributed by atoms with E-state index in [4.69, 9.17) is 11.3 Å². The summed E-state index contributed by atoms with van der Waals surface area (Å²) in [5.41, 5.74) is 2.36. The molecular weight excluding hydrogens is 521 g/mol. The number of hydrogen-bond donors (Lipinski definition) is 0. The summed E-state index contributed by atoms with van der Waals surface area (Å²) in [6.07, 6.45) is 10.4. The van der Waals surface area contributed by atoms with E-state index in [0.29, 0.717) is 5.57 Å². The second-order valence-corrected chi connectivity index (χ2v) is 11.9. The highest BCUT2D eigenvalue weighted by atomic mass is 32.1. The molecule has 0 unspecified atom stereocenters. The lowest BCUT2D eigenvalue weighted by molar-refractivity contribution is 0.0953. The Morgan fingerprint density at radius 3 is 2.08 bits per heavy atom. The summed E-state index contributed by atoms with van der Waals surface area (Å²) in [4.78, 5) is 7.93. The molecule has 0 N–H and O–H groups in total. The van der Waals surface area contributed by atoms with Crippen LogP contribution in [-0.2, 0) is 4.74 Å². The molecule has 4 rings (SSSR count). The molecule has 2 aromatic heterocycles. The summed E-state index contributed by atoms with van der Waals surface area (Å²) in [6, 6.07) is 17.1. The second-order valence-electron chi connectivity index (χ2n) is 9.69. The van der Waals surface area contributed by atoms with Crippen LogP contribution in [0.1, 0.15) is 55.9 Å². The number of nitrogens with zero attached hydrogens (tertiary/aromatic N) is 4. The van der Waals surface area contributed by atoms with Crippen LogP contribution in [0.5, 0.6) is 0 Å². The second kappa shape index (κ2) is 12.2. The van der Waals surface area contributed by atoms with Crippen LogP contribution < -0.4 is 4.90 Å². The maximum Gasteiger partial charge on any atom is 0.304 e. The topological polar surface area (TPSA) is 64.4 Å². The minimum atomic E-state index is -0.807. The Balaban J connectivity index is 1.51. The van der Waals surface area contributed by atoms with Gasteiger partial charge in [-0.1, -0.05) is 38.1 Å². The monoisotopic (exact) mass is 550 g/mol. The van der Waals surface area contributed by atoms with Crippen LogP contribution >= 0.6 is 22.7 Å². The summed E-state index contributed by atoms with van der Waals surface area (Å²) in [6.45, 7) is 17.5. The van der Waals surface area contributed by atoms with Gasteiger partial charge in [-0.3, -0.25) is 0 Å². The Morgan fingerprint density at radius 2 is 1.56 bits per heavy atom. The van der Waals surface area contributed by atoms with Crippen molar-refractivity contribution >= 4 is 56.0 Å². The van der Waals surface area contributed by atoms with Crippen LogP contribution in [0.2, 0.25) is 0 Å². The number of ether oxygens (including phenoxy) is 1. The molecule has 0 amide bonds.